The van der Waals surface area contributed by atoms with Gasteiger partial charge in [0.1, 0.15) is 0 Å². The predicted molar refractivity (Wildman–Crippen MR) is 87.6 cm³/mol. The van der Waals surface area contributed by atoms with Crippen LogP contribution in [0.5, 0.6) is 0 Å². The van der Waals surface area contributed by atoms with E-state index in [4.69, 9.17) is 17.3 Å². The van der Waals surface area contributed by atoms with Gasteiger partial charge < -0.3 is 10.6 Å². The number of carbonyl (C=O) groups is 1. The highest BCUT2D eigenvalue weighted by molar-refractivity contribution is 6.30. The van der Waals surface area contributed by atoms with E-state index in [1.165, 1.54) is 0 Å². The number of amides is 1. The Balaban J connectivity index is 2.24. The molecule has 0 fully saturated rings. The smallest absolute Gasteiger partial charge is 0.254 e. The van der Waals surface area contributed by atoms with E-state index < -0.39 is 0 Å². The molecule has 21 heavy (non-hydrogen) atoms. The first-order valence-corrected chi connectivity index (χ1v) is 7.16. The van der Waals surface area contributed by atoms with Crippen LogP contribution in [0.25, 0.3) is 0 Å². The van der Waals surface area contributed by atoms with Crippen molar-refractivity contribution in [1.82, 2.24) is 4.90 Å². The molecule has 2 N–H and O–H groups in total. The number of benzene rings is 2. The van der Waals surface area contributed by atoms with Gasteiger partial charge in [0.05, 0.1) is 6.04 Å². The van der Waals surface area contributed by atoms with Crippen molar-refractivity contribution >= 4 is 23.2 Å². The highest BCUT2D eigenvalue weighted by Gasteiger charge is 2.19. The maximum absolute atomic E-state index is 12.5. The van der Waals surface area contributed by atoms with Gasteiger partial charge in [-0.1, -0.05) is 29.8 Å². The highest BCUT2D eigenvalue weighted by Crippen LogP contribution is 2.24. The molecule has 3 nitrogen and oxygen atoms in total. The highest BCUT2D eigenvalue weighted by atomic mass is 35.5. The van der Waals surface area contributed by atoms with Crippen LogP contribution in [-0.2, 0) is 0 Å². The normalized spacial score (nSPS) is 12.0. The van der Waals surface area contributed by atoms with E-state index in [1.54, 1.807) is 24.1 Å². The second kappa shape index (κ2) is 6.19. The fraction of sp³-hybridized carbons (Fsp3) is 0.235. The van der Waals surface area contributed by atoms with Crippen LogP contribution in [0.2, 0.25) is 5.02 Å². The lowest BCUT2D eigenvalue weighted by molar-refractivity contribution is 0.0742. The fourth-order valence-corrected chi connectivity index (χ4v) is 2.34. The molecule has 1 atom stereocenters. The largest absolute Gasteiger partial charge is 0.398 e. The van der Waals surface area contributed by atoms with Crippen molar-refractivity contribution in [3.05, 3.63) is 64.2 Å². The number of aryl methyl sites for hydroxylation is 1. The molecule has 2 rings (SSSR count). The summed E-state index contributed by atoms with van der Waals surface area (Å²) in [6, 6.07) is 12.9. The first-order chi connectivity index (χ1) is 9.90. The van der Waals surface area contributed by atoms with Crippen molar-refractivity contribution in [2.45, 2.75) is 19.9 Å². The molecule has 0 aliphatic rings. The van der Waals surface area contributed by atoms with E-state index in [0.717, 1.165) is 11.1 Å². The number of nitrogens with two attached hydrogens (primary N) is 1. The van der Waals surface area contributed by atoms with Crippen molar-refractivity contribution < 1.29 is 4.79 Å². The molecule has 0 spiro atoms. The van der Waals surface area contributed by atoms with Crippen LogP contribution in [-0.4, -0.2) is 17.9 Å². The Hall–Kier alpha value is -2.00. The summed E-state index contributed by atoms with van der Waals surface area (Å²) in [7, 11) is 1.78. The second-order valence-electron chi connectivity index (χ2n) is 5.22. The van der Waals surface area contributed by atoms with Gasteiger partial charge >= 0.3 is 0 Å². The molecular weight excluding hydrogens is 284 g/mol. The Morgan fingerprint density at radius 1 is 1.24 bits per heavy atom. The van der Waals surface area contributed by atoms with Gasteiger partial charge in [-0.15, -0.1) is 0 Å². The molecule has 1 unspecified atom stereocenters. The molecule has 2 aromatic carbocycles. The molecule has 0 saturated carbocycles. The zero-order valence-electron chi connectivity index (χ0n) is 12.4. The lowest BCUT2D eigenvalue weighted by Gasteiger charge is -2.25. The second-order valence-corrected chi connectivity index (χ2v) is 5.65. The molecule has 2 aromatic rings. The Labute approximate surface area is 130 Å². The Kier molecular flexibility index (Phi) is 4.53. The third-order valence-corrected chi connectivity index (χ3v) is 3.99. The Morgan fingerprint density at radius 2 is 1.95 bits per heavy atom. The Bertz CT molecular complexity index is 670. The molecule has 0 heterocycles. The summed E-state index contributed by atoms with van der Waals surface area (Å²) in [5.74, 6) is -0.0609. The number of hydrogen-bond acceptors (Lipinski definition) is 2. The fourth-order valence-electron chi connectivity index (χ4n) is 2.14. The number of nitrogen functional groups attached to an aromatic ring is 1. The van der Waals surface area contributed by atoms with Gasteiger partial charge in [-0.05, 0) is 49.2 Å². The summed E-state index contributed by atoms with van der Waals surface area (Å²) >= 11 is 6.01. The van der Waals surface area contributed by atoms with Crippen molar-refractivity contribution in [3.63, 3.8) is 0 Å². The molecule has 0 bridgehead atoms. The summed E-state index contributed by atoms with van der Waals surface area (Å²) in [6.07, 6.45) is 0. The van der Waals surface area contributed by atoms with Crippen LogP contribution >= 0.6 is 11.6 Å². The quantitative estimate of drug-likeness (QED) is 0.869. The van der Waals surface area contributed by atoms with Crippen molar-refractivity contribution in [2.75, 3.05) is 12.8 Å². The average molecular weight is 303 g/mol. The molecule has 4 heteroatoms. The summed E-state index contributed by atoms with van der Waals surface area (Å²) in [5.41, 5.74) is 9.07. The number of anilines is 1. The monoisotopic (exact) mass is 302 g/mol. The summed E-state index contributed by atoms with van der Waals surface area (Å²) in [6.45, 7) is 3.89. The Morgan fingerprint density at radius 3 is 2.57 bits per heavy atom. The summed E-state index contributed by atoms with van der Waals surface area (Å²) in [5, 5.41) is 0.666. The number of hydrogen-bond donors (Lipinski definition) is 1. The lowest BCUT2D eigenvalue weighted by atomic mass is 10.1. The topological polar surface area (TPSA) is 46.3 Å². The number of halogens is 1. The maximum atomic E-state index is 12.5. The van der Waals surface area contributed by atoms with Crippen molar-refractivity contribution in [3.8, 4) is 0 Å². The van der Waals surface area contributed by atoms with E-state index in [1.807, 2.05) is 44.2 Å². The number of carbonyl (C=O) groups excluding carboxylic acids is 1. The predicted octanol–water partition coefficient (Wildman–Crippen LogP) is 4.06. The summed E-state index contributed by atoms with van der Waals surface area (Å²) < 4.78 is 0. The standard InChI is InChI=1S/C17H19ClN2O/c1-11-7-8-14(10-16(11)19)17(21)20(3)12(2)13-5-4-6-15(18)9-13/h4-10,12H,19H2,1-3H3. The van der Waals surface area contributed by atoms with Crippen LogP contribution in [0.4, 0.5) is 5.69 Å². The number of rotatable bonds is 3. The van der Waals surface area contributed by atoms with Crippen molar-refractivity contribution in [2.24, 2.45) is 0 Å². The van der Waals surface area contributed by atoms with Crippen LogP contribution < -0.4 is 5.73 Å². The molecule has 0 radical (unpaired) electrons. The lowest BCUT2D eigenvalue weighted by Crippen LogP contribution is -2.29. The maximum Gasteiger partial charge on any atom is 0.254 e. The van der Waals surface area contributed by atoms with Gasteiger partial charge in [-0.3, -0.25) is 4.79 Å². The van der Waals surface area contributed by atoms with E-state index >= 15 is 0 Å². The minimum Gasteiger partial charge on any atom is -0.398 e. The average Bonchev–Trinajstić information content (AvgIpc) is 2.47. The van der Waals surface area contributed by atoms with Gasteiger partial charge in [0, 0.05) is 23.3 Å². The zero-order chi connectivity index (χ0) is 15.6. The first-order valence-electron chi connectivity index (χ1n) is 6.79. The minimum absolute atomic E-state index is 0.0609. The molecule has 1 amide bonds. The van der Waals surface area contributed by atoms with Crippen LogP contribution in [0, 0.1) is 6.92 Å². The van der Waals surface area contributed by atoms with Gasteiger partial charge in [-0.25, -0.2) is 0 Å². The molecular formula is C17H19ClN2O. The van der Waals surface area contributed by atoms with Crippen LogP contribution in [0.3, 0.4) is 0 Å². The first kappa shape index (κ1) is 15.4. The molecule has 110 valence electrons. The third kappa shape index (κ3) is 3.37. The van der Waals surface area contributed by atoms with Crippen molar-refractivity contribution in [1.29, 1.82) is 0 Å². The molecule has 0 saturated heterocycles. The zero-order valence-corrected chi connectivity index (χ0v) is 13.2. The summed E-state index contributed by atoms with van der Waals surface area (Å²) in [4.78, 5) is 14.2. The van der Waals surface area contributed by atoms with E-state index in [9.17, 15) is 4.79 Å². The SMILES string of the molecule is Cc1ccc(C(=O)N(C)C(C)c2cccc(Cl)c2)cc1N. The van der Waals surface area contributed by atoms with Gasteiger partial charge in [-0.2, -0.15) is 0 Å². The third-order valence-electron chi connectivity index (χ3n) is 3.76. The van der Waals surface area contributed by atoms with Gasteiger partial charge in [0.2, 0.25) is 0 Å². The van der Waals surface area contributed by atoms with Gasteiger partial charge in [0.15, 0.2) is 0 Å². The van der Waals surface area contributed by atoms with Crippen LogP contribution in [0.15, 0.2) is 42.5 Å². The number of nitrogens with zero attached hydrogens (tertiary/aromatic N) is 1. The van der Waals surface area contributed by atoms with Crippen LogP contribution in [0.1, 0.15) is 34.5 Å². The van der Waals surface area contributed by atoms with E-state index in [0.29, 0.717) is 16.3 Å². The molecule has 0 aromatic heterocycles. The van der Waals surface area contributed by atoms with Gasteiger partial charge in [0.25, 0.3) is 5.91 Å². The van der Waals surface area contributed by atoms with E-state index in [-0.39, 0.29) is 11.9 Å². The minimum atomic E-state index is -0.0706. The molecule has 0 aliphatic carbocycles. The van der Waals surface area contributed by atoms with E-state index in [2.05, 4.69) is 0 Å². The molecule has 0 aliphatic heterocycles.